The number of rotatable bonds is 1. The maximum absolute atomic E-state index is 11.2. The van der Waals surface area contributed by atoms with E-state index in [4.69, 9.17) is 4.74 Å². The van der Waals surface area contributed by atoms with Gasteiger partial charge in [-0.2, -0.15) is 0 Å². The molecule has 14 heavy (non-hydrogen) atoms. The standard InChI is InChI=1S/C8H15NO3S.ClH/c1-6-4-12-8(9-6)7-2-3-13(10,11)5-7;/h6-9H,2-5H2,1H3;1H. The average molecular weight is 242 g/mol. The van der Waals surface area contributed by atoms with Gasteiger partial charge in [0.05, 0.1) is 18.1 Å². The predicted octanol–water partition coefficient (Wildman–Crippen LogP) is 0.177. The fraction of sp³-hybridized carbons (Fsp3) is 1.00. The third kappa shape index (κ3) is 2.59. The lowest BCUT2D eigenvalue weighted by molar-refractivity contribution is 0.0606. The van der Waals surface area contributed by atoms with E-state index in [-0.39, 0.29) is 30.3 Å². The van der Waals surface area contributed by atoms with Crippen molar-refractivity contribution in [2.75, 3.05) is 18.1 Å². The Hall–Kier alpha value is 0.160. The van der Waals surface area contributed by atoms with Crippen molar-refractivity contribution >= 4 is 22.2 Å². The van der Waals surface area contributed by atoms with E-state index < -0.39 is 9.84 Å². The van der Waals surface area contributed by atoms with Crippen LogP contribution in [0, 0.1) is 5.92 Å². The van der Waals surface area contributed by atoms with Crippen LogP contribution >= 0.6 is 12.4 Å². The summed E-state index contributed by atoms with van der Waals surface area (Å²) in [5, 5.41) is 3.25. The van der Waals surface area contributed by atoms with Gasteiger partial charge in [0.25, 0.3) is 0 Å². The molecule has 2 saturated heterocycles. The first-order valence-corrected chi connectivity index (χ1v) is 6.47. The predicted molar refractivity (Wildman–Crippen MR) is 56.3 cm³/mol. The Bertz CT molecular complexity index is 293. The molecule has 2 heterocycles. The zero-order valence-corrected chi connectivity index (χ0v) is 9.73. The Morgan fingerprint density at radius 3 is 2.57 bits per heavy atom. The molecule has 0 aliphatic carbocycles. The van der Waals surface area contributed by atoms with Crippen LogP contribution in [0.3, 0.4) is 0 Å². The maximum Gasteiger partial charge on any atom is 0.150 e. The van der Waals surface area contributed by atoms with Gasteiger partial charge in [0, 0.05) is 12.0 Å². The minimum Gasteiger partial charge on any atom is -0.361 e. The number of hydrogen-bond acceptors (Lipinski definition) is 4. The molecule has 2 aliphatic heterocycles. The van der Waals surface area contributed by atoms with Gasteiger partial charge in [0.15, 0.2) is 9.84 Å². The van der Waals surface area contributed by atoms with Crippen molar-refractivity contribution in [2.45, 2.75) is 25.6 Å². The van der Waals surface area contributed by atoms with Crippen LogP contribution in [0.2, 0.25) is 0 Å². The second kappa shape index (κ2) is 4.35. The fourth-order valence-electron chi connectivity index (χ4n) is 1.96. The van der Waals surface area contributed by atoms with E-state index >= 15 is 0 Å². The molecule has 0 spiro atoms. The molecule has 3 atom stereocenters. The third-order valence-corrected chi connectivity index (χ3v) is 4.46. The van der Waals surface area contributed by atoms with E-state index in [9.17, 15) is 8.42 Å². The zero-order valence-electron chi connectivity index (χ0n) is 8.10. The van der Waals surface area contributed by atoms with Crippen molar-refractivity contribution in [3.05, 3.63) is 0 Å². The van der Waals surface area contributed by atoms with Gasteiger partial charge < -0.3 is 4.74 Å². The molecule has 2 fully saturated rings. The largest absolute Gasteiger partial charge is 0.361 e. The van der Waals surface area contributed by atoms with Gasteiger partial charge in [-0.1, -0.05) is 0 Å². The van der Waals surface area contributed by atoms with Gasteiger partial charge in [-0.25, -0.2) is 8.42 Å². The van der Waals surface area contributed by atoms with Crippen molar-refractivity contribution < 1.29 is 13.2 Å². The van der Waals surface area contributed by atoms with Crippen molar-refractivity contribution in [3.63, 3.8) is 0 Å². The van der Waals surface area contributed by atoms with Crippen LogP contribution in [-0.2, 0) is 14.6 Å². The Morgan fingerprint density at radius 1 is 1.43 bits per heavy atom. The third-order valence-electron chi connectivity index (χ3n) is 2.67. The highest BCUT2D eigenvalue weighted by molar-refractivity contribution is 7.91. The minimum absolute atomic E-state index is 0. The molecule has 0 amide bonds. The summed E-state index contributed by atoms with van der Waals surface area (Å²) in [6, 6.07) is 0.355. The van der Waals surface area contributed by atoms with Crippen LogP contribution in [0.5, 0.6) is 0 Å². The normalized spacial score (nSPS) is 40.8. The van der Waals surface area contributed by atoms with Crippen molar-refractivity contribution in [1.29, 1.82) is 0 Å². The first-order chi connectivity index (χ1) is 6.07. The van der Waals surface area contributed by atoms with E-state index in [1.807, 2.05) is 6.92 Å². The van der Waals surface area contributed by atoms with Crippen molar-refractivity contribution in [3.8, 4) is 0 Å². The number of halogens is 1. The monoisotopic (exact) mass is 241 g/mol. The molecule has 0 aromatic heterocycles. The number of nitrogens with one attached hydrogen (secondary N) is 1. The Balaban J connectivity index is 0.000000980. The molecular formula is C8H16ClNO3S. The van der Waals surface area contributed by atoms with E-state index in [0.29, 0.717) is 18.4 Å². The van der Waals surface area contributed by atoms with Gasteiger partial charge in [0.1, 0.15) is 6.23 Å². The summed E-state index contributed by atoms with van der Waals surface area (Å²) in [6.07, 6.45) is 0.708. The first kappa shape index (κ1) is 12.2. The second-order valence-electron chi connectivity index (χ2n) is 3.98. The van der Waals surface area contributed by atoms with Crippen LogP contribution in [-0.4, -0.2) is 38.8 Å². The molecule has 0 saturated carbocycles. The van der Waals surface area contributed by atoms with Crippen molar-refractivity contribution in [2.24, 2.45) is 5.92 Å². The van der Waals surface area contributed by atoms with Crippen LogP contribution < -0.4 is 5.32 Å². The molecule has 0 aromatic rings. The summed E-state index contributed by atoms with van der Waals surface area (Å²) in [6.45, 7) is 2.74. The first-order valence-electron chi connectivity index (χ1n) is 4.65. The van der Waals surface area contributed by atoms with E-state index in [2.05, 4.69) is 5.32 Å². The molecule has 84 valence electrons. The molecule has 2 aliphatic rings. The van der Waals surface area contributed by atoms with Gasteiger partial charge >= 0.3 is 0 Å². The van der Waals surface area contributed by atoms with Gasteiger partial charge in [0.2, 0.25) is 0 Å². The average Bonchev–Trinajstić information content (AvgIpc) is 2.56. The molecule has 0 radical (unpaired) electrons. The summed E-state index contributed by atoms with van der Waals surface area (Å²) < 4.78 is 27.9. The van der Waals surface area contributed by atoms with Crippen LogP contribution in [0.1, 0.15) is 13.3 Å². The molecular weight excluding hydrogens is 226 g/mol. The number of sulfone groups is 1. The summed E-state index contributed by atoms with van der Waals surface area (Å²) in [4.78, 5) is 0. The quantitative estimate of drug-likeness (QED) is 0.712. The Labute approximate surface area is 90.7 Å². The molecule has 0 bridgehead atoms. The van der Waals surface area contributed by atoms with Gasteiger partial charge in [-0.15, -0.1) is 12.4 Å². The SMILES string of the molecule is CC1COC(C2CCS(=O)(=O)C2)N1.Cl. The Kier molecular flexibility index (Phi) is 3.80. The summed E-state index contributed by atoms with van der Waals surface area (Å²) in [7, 11) is -2.77. The summed E-state index contributed by atoms with van der Waals surface area (Å²) >= 11 is 0. The maximum atomic E-state index is 11.2. The summed E-state index contributed by atoms with van der Waals surface area (Å²) in [5.74, 6) is 0.778. The number of ether oxygens (including phenoxy) is 1. The molecule has 3 unspecified atom stereocenters. The van der Waals surface area contributed by atoms with Crippen LogP contribution in [0.4, 0.5) is 0 Å². The molecule has 6 heteroatoms. The van der Waals surface area contributed by atoms with E-state index in [0.717, 1.165) is 6.42 Å². The lowest BCUT2D eigenvalue weighted by Crippen LogP contribution is -2.35. The highest BCUT2D eigenvalue weighted by Crippen LogP contribution is 2.24. The molecule has 2 rings (SSSR count). The van der Waals surface area contributed by atoms with Crippen LogP contribution in [0.15, 0.2) is 0 Å². The van der Waals surface area contributed by atoms with Gasteiger partial charge in [-0.05, 0) is 13.3 Å². The van der Waals surface area contributed by atoms with Crippen LogP contribution in [0.25, 0.3) is 0 Å². The van der Waals surface area contributed by atoms with Crippen molar-refractivity contribution in [1.82, 2.24) is 5.32 Å². The fourth-order valence-corrected chi connectivity index (χ4v) is 3.78. The second-order valence-corrected chi connectivity index (χ2v) is 6.21. The molecule has 1 N–H and O–H groups in total. The van der Waals surface area contributed by atoms with E-state index in [1.54, 1.807) is 0 Å². The number of hydrogen-bond donors (Lipinski definition) is 1. The van der Waals surface area contributed by atoms with Gasteiger partial charge in [-0.3, -0.25) is 5.32 Å². The smallest absolute Gasteiger partial charge is 0.150 e. The van der Waals surface area contributed by atoms with E-state index in [1.165, 1.54) is 0 Å². The minimum atomic E-state index is -2.77. The summed E-state index contributed by atoms with van der Waals surface area (Å²) in [5.41, 5.74) is 0. The highest BCUT2D eigenvalue weighted by atomic mass is 35.5. The molecule has 0 aromatic carbocycles. The lowest BCUT2D eigenvalue weighted by atomic mass is 10.1. The highest BCUT2D eigenvalue weighted by Gasteiger charge is 2.37. The lowest BCUT2D eigenvalue weighted by Gasteiger charge is -2.16. The molecule has 4 nitrogen and oxygen atoms in total. The zero-order chi connectivity index (χ0) is 9.47. The Morgan fingerprint density at radius 2 is 2.14 bits per heavy atom. The topological polar surface area (TPSA) is 55.4 Å².